The number of Topliss-reactive ketones (excluding diaryl/α,β-unsaturated/α-hetero) is 1. The van der Waals surface area contributed by atoms with E-state index in [-0.39, 0.29) is 43.9 Å². The normalized spacial score (nSPS) is 10.9. The van der Waals surface area contributed by atoms with Crippen LogP contribution in [0.25, 0.3) is 0 Å². The lowest BCUT2D eigenvalue weighted by Gasteiger charge is -2.03. The van der Waals surface area contributed by atoms with E-state index in [4.69, 9.17) is 10.2 Å². The number of sulfonamides is 1. The summed E-state index contributed by atoms with van der Waals surface area (Å²) in [7, 11) is -3.52. The predicted molar refractivity (Wildman–Crippen MR) is 62.1 cm³/mol. The van der Waals surface area contributed by atoms with E-state index in [0.717, 1.165) is 0 Å². The fraction of sp³-hybridized carbons (Fsp3) is 0.667. The summed E-state index contributed by atoms with van der Waals surface area (Å²) in [6.07, 6.45) is 0.180. The van der Waals surface area contributed by atoms with Crippen LogP contribution in [0.2, 0.25) is 0 Å². The first-order chi connectivity index (χ1) is 8.22. The lowest BCUT2D eigenvalue weighted by molar-refractivity contribution is -0.149. The summed E-state index contributed by atoms with van der Waals surface area (Å²) in [6, 6.07) is 0. The summed E-state index contributed by atoms with van der Waals surface area (Å²) in [6.45, 7) is 0.169. The molecule has 0 atom stereocenters. The number of aliphatic carboxylic acids is 1. The van der Waals surface area contributed by atoms with Gasteiger partial charge in [-0.05, 0) is 12.8 Å². The fourth-order valence-corrected chi connectivity index (χ4v) is 1.65. The van der Waals surface area contributed by atoms with Crippen molar-refractivity contribution in [3.05, 3.63) is 0 Å². The molecule has 0 aromatic carbocycles. The standard InChI is InChI=1S/C9H16N2O6S/c10-18(16,17)6-2-5-11-8(13)4-1-3-7(12)9(14)15/h1-6H2,(H,11,13)(H,14,15)(H2,10,16,17). The summed E-state index contributed by atoms with van der Waals surface area (Å²) >= 11 is 0. The molecule has 0 aromatic rings. The number of amides is 1. The molecule has 0 aliphatic heterocycles. The number of rotatable bonds is 9. The Morgan fingerprint density at radius 2 is 1.72 bits per heavy atom. The minimum atomic E-state index is -3.52. The maximum atomic E-state index is 11.2. The number of hydrogen-bond acceptors (Lipinski definition) is 5. The Labute approximate surface area is 105 Å². The zero-order chi connectivity index (χ0) is 14.2. The quantitative estimate of drug-likeness (QED) is 0.350. The van der Waals surface area contributed by atoms with Gasteiger partial charge in [0.25, 0.3) is 0 Å². The van der Waals surface area contributed by atoms with E-state index in [1.807, 2.05) is 0 Å². The summed E-state index contributed by atoms with van der Waals surface area (Å²) in [5.74, 6) is -3.02. The number of nitrogens with one attached hydrogen (secondary N) is 1. The summed E-state index contributed by atoms with van der Waals surface area (Å²) in [5, 5.41) is 15.5. The zero-order valence-corrected chi connectivity index (χ0v) is 10.5. The van der Waals surface area contributed by atoms with E-state index in [0.29, 0.717) is 0 Å². The molecular weight excluding hydrogens is 264 g/mol. The van der Waals surface area contributed by atoms with Gasteiger partial charge in [-0.1, -0.05) is 0 Å². The highest BCUT2D eigenvalue weighted by Crippen LogP contribution is 1.97. The van der Waals surface area contributed by atoms with Gasteiger partial charge in [-0.2, -0.15) is 0 Å². The van der Waals surface area contributed by atoms with Gasteiger partial charge in [0.05, 0.1) is 5.75 Å². The van der Waals surface area contributed by atoms with Crippen LogP contribution in [0.15, 0.2) is 0 Å². The molecule has 0 radical (unpaired) electrons. The molecule has 1 amide bonds. The number of hydrogen-bond donors (Lipinski definition) is 3. The van der Waals surface area contributed by atoms with Crippen LogP contribution in [0.5, 0.6) is 0 Å². The number of carbonyl (C=O) groups excluding carboxylic acids is 2. The molecule has 0 fully saturated rings. The van der Waals surface area contributed by atoms with Gasteiger partial charge < -0.3 is 10.4 Å². The predicted octanol–water partition coefficient (Wildman–Crippen LogP) is -1.39. The molecule has 0 aromatic heterocycles. The van der Waals surface area contributed by atoms with Gasteiger partial charge >= 0.3 is 5.97 Å². The first kappa shape index (κ1) is 16.5. The van der Waals surface area contributed by atoms with Crippen molar-refractivity contribution in [1.29, 1.82) is 0 Å². The van der Waals surface area contributed by atoms with Crippen molar-refractivity contribution in [3.8, 4) is 0 Å². The van der Waals surface area contributed by atoms with Crippen LogP contribution >= 0.6 is 0 Å². The number of carboxylic acids is 1. The average molecular weight is 280 g/mol. The average Bonchev–Trinajstić information content (AvgIpc) is 2.22. The third kappa shape index (κ3) is 9.73. The third-order valence-corrected chi connectivity index (χ3v) is 2.83. The monoisotopic (exact) mass is 280 g/mol. The lowest BCUT2D eigenvalue weighted by Crippen LogP contribution is -2.27. The van der Waals surface area contributed by atoms with Crippen LogP contribution in [-0.2, 0) is 24.4 Å². The minimum absolute atomic E-state index is 0.0222. The van der Waals surface area contributed by atoms with Gasteiger partial charge in [0, 0.05) is 19.4 Å². The Hall–Kier alpha value is -1.48. The first-order valence-electron chi connectivity index (χ1n) is 5.25. The highest BCUT2D eigenvalue weighted by atomic mass is 32.2. The lowest BCUT2D eigenvalue weighted by atomic mass is 10.1. The highest BCUT2D eigenvalue weighted by molar-refractivity contribution is 7.89. The summed E-state index contributed by atoms with van der Waals surface area (Å²) in [5.41, 5.74) is 0. The molecule has 0 unspecified atom stereocenters. The van der Waals surface area contributed by atoms with Gasteiger partial charge in [-0.3, -0.25) is 9.59 Å². The van der Waals surface area contributed by atoms with Crippen LogP contribution in [0.3, 0.4) is 0 Å². The van der Waals surface area contributed by atoms with E-state index in [1.54, 1.807) is 0 Å². The van der Waals surface area contributed by atoms with Crippen LogP contribution in [-0.4, -0.2) is 43.5 Å². The Morgan fingerprint density at radius 3 is 2.22 bits per heavy atom. The van der Waals surface area contributed by atoms with Crippen LogP contribution in [0, 0.1) is 0 Å². The van der Waals surface area contributed by atoms with Gasteiger partial charge in [0.2, 0.25) is 21.7 Å². The SMILES string of the molecule is NS(=O)(=O)CCCNC(=O)CCCC(=O)C(=O)O. The van der Waals surface area contributed by atoms with Crippen molar-refractivity contribution in [2.45, 2.75) is 25.7 Å². The highest BCUT2D eigenvalue weighted by Gasteiger charge is 2.11. The summed E-state index contributed by atoms with van der Waals surface area (Å²) < 4.78 is 21.1. The topological polar surface area (TPSA) is 144 Å². The second kappa shape index (κ2) is 7.77. The van der Waals surface area contributed by atoms with E-state index >= 15 is 0 Å². The molecule has 9 heteroatoms. The van der Waals surface area contributed by atoms with Crippen LogP contribution in [0.4, 0.5) is 0 Å². The third-order valence-electron chi connectivity index (χ3n) is 1.97. The molecule has 0 saturated carbocycles. The van der Waals surface area contributed by atoms with Crippen molar-refractivity contribution in [2.24, 2.45) is 5.14 Å². The summed E-state index contributed by atoms with van der Waals surface area (Å²) in [4.78, 5) is 32.0. The van der Waals surface area contributed by atoms with Crippen molar-refractivity contribution < 1.29 is 27.9 Å². The molecule has 0 spiro atoms. The Kier molecular flexibility index (Phi) is 7.13. The van der Waals surface area contributed by atoms with Crippen molar-refractivity contribution in [1.82, 2.24) is 5.32 Å². The Bertz CT molecular complexity index is 417. The molecule has 0 bridgehead atoms. The molecule has 0 aliphatic carbocycles. The second-order valence-electron chi connectivity index (χ2n) is 3.65. The largest absolute Gasteiger partial charge is 0.476 e. The van der Waals surface area contributed by atoms with Crippen LogP contribution in [0.1, 0.15) is 25.7 Å². The minimum Gasteiger partial charge on any atom is -0.476 e. The molecular formula is C9H16N2O6S. The maximum Gasteiger partial charge on any atom is 0.372 e. The van der Waals surface area contributed by atoms with E-state index < -0.39 is 21.8 Å². The van der Waals surface area contributed by atoms with Crippen LogP contribution < -0.4 is 10.5 Å². The molecule has 0 rings (SSSR count). The molecule has 4 N–H and O–H groups in total. The number of carboxylic acid groups (broad SMARTS) is 1. The number of ketones is 1. The van der Waals surface area contributed by atoms with Gasteiger partial charge in [-0.25, -0.2) is 18.4 Å². The first-order valence-corrected chi connectivity index (χ1v) is 6.97. The Balaban J connectivity index is 3.61. The van der Waals surface area contributed by atoms with E-state index in [9.17, 15) is 22.8 Å². The molecule has 0 saturated heterocycles. The fourth-order valence-electron chi connectivity index (χ4n) is 1.11. The molecule has 8 nitrogen and oxygen atoms in total. The molecule has 18 heavy (non-hydrogen) atoms. The van der Waals surface area contributed by atoms with Gasteiger partial charge in [-0.15, -0.1) is 0 Å². The number of primary sulfonamides is 1. The van der Waals surface area contributed by atoms with Gasteiger partial charge in [0.15, 0.2) is 0 Å². The van der Waals surface area contributed by atoms with Crippen molar-refractivity contribution >= 4 is 27.7 Å². The molecule has 0 heterocycles. The van der Waals surface area contributed by atoms with E-state index in [1.165, 1.54) is 0 Å². The maximum absolute atomic E-state index is 11.2. The number of carbonyl (C=O) groups is 3. The van der Waals surface area contributed by atoms with Gasteiger partial charge in [0.1, 0.15) is 0 Å². The molecule has 104 valence electrons. The molecule has 0 aliphatic rings. The smallest absolute Gasteiger partial charge is 0.372 e. The van der Waals surface area contributed by atoms with E-state index in [2.05, 4.69) is 5.32 Å². The van der Waals surface area contributed by atoms with Crippen molar-refractivity contribution in [2.75, 3.05) is 12.3 Å². The van der Waals surface area contributed by atoms with Crippen molar-refractivity contribution in [3.63, 3.8) is 0 Å². The Morgan fingerprint density at radius 1 is 1.11 bits per heavy atom. The second-order valence-corrected chi connectivity index (χ2v) is 5.39. The zero-order valence-electron chi connectivity index (χ0n) is 9.72. The number of nitrogens with two attached hydrogens (primary N) is 1.